The molecule has 0 aliphatic rings. The van der Waals surface area contributed by atoms with Crippen molar-refractivity contribution in [2.45, 2.75) is 26.8 Å². The Morgan fingerprint density at radius 1 is 1.21 bits per heavy atom. The van der Waals surface area contributed by atoms with Crippen LogP contribution in [0.5, 0.6) is 0 Å². The lowest BCUT2D eigenvalue weighted by Crippen LogP contribution is -2.20. The van der Waals surface area contributed by atoms with E-state index in [0.717, 1.165) is 44.6 Å². The molecule has 0 saturated carbocycles. The molecular weight excluding hydrogens is 442 g/mol. The SMILES string of the molecule is C=C/C(=C\C(=C/C)c1cnc2n[nH]c(-c3nc4nccc(-c5ccsc5)c4[nH]3)c2c1)NC(C)C. The Kier molecular flexibility index (Phi) is 5.81. The fourth-order valence-electron chi connectivity index (χ4n) is 3.92. The quantitative estimate of drug-likeness (QED) is 0.252. The van der Waals surface area contributed by atoms with Gasteiger partial charge in [-0.25, -0.2) is 15.0 Å². The van der Waals surface area contributed by atoms with Gasteiger partial charge in [0.1, 0.15) is 5.69 Å². The molecule has 0 amide bonds. The first kappa shape index (κ1) is 21.8. The van der Waals surface area contributed by atoms with Gasteiger partial charge in [0, 0.05) is 35.3 Å². The number of aromatic nitrogens is 6. The number of allylic oxidation sites excluding steroid dienone is 4. The van der Waals surface area contributed by atoms with Gasteiger partial charge in [-0.15, -0.1) is 0 Å². The van der Waals surface area contributed by atoms with Crippen LogP contribution in [0.4, 0.5) is 0 Å². The lowest BCUT2D eigenvalue weighted by molar-refractivity contribution is 0.682. The third kappa shape index (κ3) is 4.04. The van der Waals surface area contributed by atoms with Gasteiger partial charge in [0.15, 0.2) is 17.1 Å². The predicted molar refractivity (Wildman–Crippen MR) is 140 cm³/mol. The molecule has 0 spiro atoms. The van der Waals surface area contributed by atoms with E-state index < -0.39 is 0 Å². The molecule has 5 heterocycles. The lowest BCUT2D eigenvalue weighted by atomic mass is 10.0. The van der Waals surface area contributed by atoms with E-state index in [1.54, 1.807) is 17.5 Å². The summed E-state index contributed by atoms with van der Waals surface area (Å²) in [4.78, 5) is 17.3. The van der Waals surface area contributed by atoms with Gasteiger partial charge in [-0.2, -0.15) is 16.4 Å². The number of nitrogens with zero attached hydrogens (tertiary/aromatic N) is 4. The van der Waals surface area contributed by atoms with Crippen molar-refractivity contribution in [3.05, 3.63) is 77.4 Å². The Morgan fingerprint density at radius 2 is 2.09 bits per heavy atom. The van der Waals surface area contributed by atoms with Gasteiger partial charge in [0.25, 0.3) is 0 Å². The second-order valence-corrected chi connectivity index (χ2v) is 8.98. The largest absolute Gasteiger partial charge is 0.383 e. The maximum atomic E-state index is 4.75. The van der Waals surface area contributed by atoms with Crippen molar-refractivity contribution in [1.29, 1.82) is 0 Å². The third-order valence-electron chi connectivity index (χ3n) is 5.50. The average Bonchev–Trinajstić information content (AvgIpc) is 3.59. The molecule has 7 nitrogen and oxygen atoms in total. The molecule has 8 heteroatoms. The van der Waals surface area contributed by atoms with Gasteiger partial charge in [-0.05, 0) is 73.0 Å². The molecule has 0 aliphatic heterocycles. The van der Waals surface area contributed by atoms with E-state index in [1.165, 1.54) is 0 Å². The van der Waals surface area contributed by atoms with Crippen molar-refractivity contribution >= 4 is 39.1 Å². The molecule has 0 unspecified atom stereocenters. The second kappa shape index (κ2) is 9.07. The zero-order valence-corrected chi connectivity index (χ0v) is 20.1. The van der Waals surface area contributed by atoms with Crippen LogP contribution >= 0.6 is 11.3 Å². The van der Waals surface area contributed by atoms with Gasteiger partial charge >= 0.3 is 0 Å². The summed E-state index contributed by atoms with van der Waals surface area (Å²) in [7, 11) is 0. The number of aromatic amines is 2. The fraction of sp³-hybridized carbons (Fsp3) is 0.154. The van der Waals surface area contributed by atoms with Crippen molar-refractivity contribution in [2.75, 3.05) is 0 Å². The predicted octanol–water partition coefficient (Wildman–Crippen LogP) is 6.10. The number of thiophene rings is 1. The van der Waals surface area contributed by atoms with E-state index in [2.05, 4.69) is 85.9 Å². The number of imidazole rings is 1. The van der Waals surface area contributed by atoms with E-state index in [4.69, 9.17) is 4.98 Å². The van der Waals surface area contributed by atoms with E-state index in [9.17, 15) is 0 Å². The Balaban J connectivity index is 1.59. The molecule has 0 atom stereocenters. The topological polar surface area (TPSA) is 95.2 Å². The smallest absolute Gasteiger partial charge is 0.181 e. The van der Waals surface area contributed by atoms with Gasteiger partial charge in [0.2, 0.25) is 0 Å². The maximum Gasteiger partial charge on any atom is 0.181 e. The minimum Gasteiger partial charge on any atom is -0.383 e. The fourth-order valence-corrected chi connectivity index (χ4v) is 4.58. The van der Waals surface area contributed by atoms with Crippen LogP contribution in [-0.2, 0) is 0 Å². The molecule has 3 N–H and O–H groups in total. The van der Waals surface area contributed by atoms with Crippen LogP contribution in [0.3, 0.4) is 0 Å². The van der Waals surface area contributed by atoms with Gasteiger partial charge in [-0.1, -0.05) is 12.7 Å². The van der Waals surface area contributed by atoms with Gasteiger partial charge < -0.3 is 10.3 Å². The van der Waals surface area contributed by atoms with Crippen LogP contribution in [0.25, 0.3) is 50.4 Å². The molecule has 34 heavy (non-hydrogen) atoms. The minimum absolute atomic E-state index is 0.309. The third-order valence-corrected chi connectivity index (χ3v) is 6.18. The van der Waals surface area contributed by atoms with Crippen LogP contribution in [0.2, 0.25) is 0 Å². The zero-order chi connectivity index (χ0) is 23.7. The van der Waals surface area contributed by atoms with Crippen molar-refractivity contribution < 1.29 is 0 Å². The van der Waals surface area contributed by atoms with Gasteiger partial charge in [0.05, 0.1) is 10.9 Å². The molecule has 5 aromatic rings. The van der Waals surface area contributed by atoms with E-state index in [-0.39, 0.29) is 0 Å². The normalized spacial score (nSPS) is 12.7. The summed E-state index contributed by atoms with van der Waals surface area (Å²) < 4.78 is 0. The summed E-state index contributed by atoms with van der Waals surface area (Å²) in [6.45, 7) is 10.1. The highest BCUT2D eigenvalue weighted by Gasteiger charge is 2.16. The molecule has 0 saturated heterocycles. The first-order valence-corrected chi connectivity index (χ1v) is 12.0. The van der Waals surface area contributed by atoms with Crippen molar-refractivity contribution in [2.24, 2.45) is 0 Å². The number of pyridine rings is 2. The molecule has 0 aromatic carbocycles. The number of hydrogen-bond donors (Lipinski definition) is 3. The number of hydrogen-bond acceptors (Lipinski definition) is 6. The average molecular weight is 468 g/mol. The number of H-pyrrole nitrogens is 2. The highest BCUT2D eigenvalue weighted by atomic mass is 32.1. The van der Waals surface area contributed by atoms with Crippen molar-refractivity contribution in [3.8, 4) is 22.6 Å². The van der Waals surface area contributed by atoms with Crippen LogP contribution in [0.1, 0.15) is 26.3 Å². The molecular formula is C26H25N7S. The number of rotatable bonds is 7. The Labute approximate surface area is 201 Å². The summed E-state index contributed by atoms with van der Waals surface area (Å²) in [5.41, 5.74) is 8.17. The minimum atomic E-state index is 0.309. The Hall–Kier alpha value is -4.04. The molecule has 5 rings (SSSR count). The monoisotopic (exact) mass is 467 g/mol. The van der Waals surface area contributed by atoms with E-state index in [0.29, 0.717) is 23.2 Å². The van der Waals surface area contributed by atoms with E-state index >= 15 is 0 Å². The Morgan fingerprint density at radius 3 is 2.82 bits per heavy atom. The Bertz CT molecular complexity index is 1530. The van der Waals surface area contributed by atoms with E-state index in [1.807, 2.05) is 25.3 Å². The standard InChI is InChI=1S/C26H25N7S/c1-5-16(11-19(6-2)29-15(3)4)18-12-21-23(32-33-24(21)28-13-18)26-30-22-20(17-8-10-34-14-17)7-9-27-25(22)31-26/h5-15,29H,2H2,1,3-4H3,(H,27,30,31)(H,28,32,33)/b16-5+,19-11+. The maximum absolute atomic E-state index is 4.75. The first-order chi connectivity index (χ1) is 16.6. The molecule has 0 aliphatic carbocycles. The molecule has 0 fully saturated rings. The summed E-state index contributed by atoms with van der Waals surface area (Å²) in [6, 6.07) is 6.50. The van der Waals surface area contributed by atoms with Crippen LogP contribution in [-0.4, -0.2) is 36.2 Å². The summed E-state index contributed by atoms with van der Waals surface area (Å²) in [5.74, 6) is 0.678. The number of nitrogens with one attached hydrogen (secondary N) is 3. The highest BCUT2D eigenvalue weighted by molar-refractivity contribution is 7.08. The molecule has 0 radical (unpaired) electrons. The van der Waals surface area contributed by atoms with Gasteiger partial charge in [-0.3, -0.25) is 5.10 Å². The zero-order valence-electron chi connectivity index (χ0n) is 19.3. The first-order valence-electron chi connectivity index (χ1n) is 11.1. The molecule has 0 bridgehead atoms. The molecule has 5 aromatic heterocycles. The summed E-state index contributed by atoms with van der Waals surface area (Å²) in [6.07, 6.45) is 9.59. The summed E-state index contributed by atoms with van der Waals surface area (Å²) >= 11 is 1.66. The summed E-state index contributed by atoms with van der Waals surface area (Å²) in [5, 5.41) is 16.0. The van der Waals surface area contributed by atoms with Crippen LogP contribution < -0.4 is 5.32 Å². The van der Waals surface area contributed by atoms with Crippen molar-refractivity contribution in [3.63, 3.8) is 0 Å². The second-order valence-electron chi connectivity index (χ2n) is 8.20. The van der Waals surface area contributed by atoms with Crippen LogP contribution in [0.15, 0.2) is 71.9 Å². The van der Waals surface area contributed by atoms with Crippen molar-refractivity contribution in [1.82, 2.24) is 35.5 Å². The number of fused-ring (bicyclic) bond motifs is 2. The van der Waals surface area contributed by atoms with Crippen LogP contribution in [0, 0.1) is 0 Å². The lowest BCUT2D eigenvalue weighted by Gasteiger charge is -2.12. The highest BCUT2D eigenvalue weighted by Crippen LogP contribution is 2.32. The molecule has 170 valence electrons.